The SMILES string of the molecule is CCCCCCCCCCCCCCCCCC(=O)OCC(O)CO.[Na+].[OH-]. The fraction of sp³-hybridized carbons (Fsp3) is 0.952. The van der Waals surface area contributed by atoms with E-state index < -0.39 is 6.10 Å². The molecule has 27 heavy (non-hydrogen) atoms. The van der Waals surface area contributed by atoms with Crippen LogP contribution in [0.1, 0.15) is 110 Å². The first-order valence-electron chi connectivity index (χ1n) is 10.6. The van der Waals surface area contributed by atoms with Crippen molar-refractivity contribution in [3.05, 3.63) is 0 Å². The molecule has 0 aliphatic heterocycles. The standard InChI is InChI=1S/C21H42O4.Na.H2O/c1-2-3-4-5-6-7-8-9-10-11-12-13-14-15-16-17-21(24)25-19-20(23)18-22;;/h20,22-23H,2-19H2,1H3;;1H2/q;+1;/p-1. The molecule has 0 bridgehead atoms. The monoisotopic (exact) mass is 398 g/mol. The predicted octanol–water partition coefficient (Wildman–Crippen LogP) is 1.97. The van der Waals surface area contributed by atoms with Crippen LogP contribution in [0, 0.1) is 0 Å². The van der Waals surface area contributed by atoms with E-state index in [0.29, 0.717) is 6.42 Å². The van der Waals surface area contributed by atoms with Gasteiger partial charge in [0.05, 0.1) is 6.61 Å². The molecule has 0 aliphatic rings. The summed E-state index contributed by atoms with van der Waals surface area (Å²) in [5, 5.41) is 17.7. The van der Waals surface area contributed by atoms with Gasteiger partial charge < -0.3 is 20.4 Å². The molecular weight excluding hydrogens is 355 g/mol. The maximum absolute atomic E-state index is 11.4. The third-order valence-corrected chi connectivity index (χ3v) is 4.63. The van der Waals surface area contributed by atoms with Crippen molar-refractivity contribution < 1.29 is 54.8 Å². The van der Waals surface area contributed by atoms with Gasteiger partial charge in [0.15, 0.2) is 0 Å². The Morgan fingerprint density at radius 3 is 1.52 bits per heavy atom. The van der Waals surface area contributed by atoms with E-state index >= 15 is 0 Å². The first kappa shape index (κ1) is 32.0. The van der Waals surface area contributed by atoms with E-state index in [4.69, 9.17) is 14.9 Å². The molecule has 158 valence electrons. The Kier molecular flexibility index (Phi) is 31.3. The van der Waals surface area contributed by atoms with Crippen molar-refractivity contribution >= 4 is 5.97 Å². The smallest absolute Gasteiger partial charge is 0.870 e. The van der Waals surface area contributed by atoms with Crippen LogP contribution in [-0.4, -0.2) is 41.0 Å². The minimum atomic E-state index is -0.954. The molecule has 0 saturated heterocycles. The largest absolute Gasteiger partial charge is 1.00 e. The van der Waals surface area contributed by atoms with Crippen LogP contribution in [0.5, 0.6) is 0 Å². The first-order valence-corrected chi connectivity index (χ1v) is 10.6. The number of carbonyl (C=O) groups excluding carboxylic acids is 1. The van der Waals surface area contributed by atoms with E-state index in [0.717, 1.165) is 12.8 Å². The molecule has 0 saturated carbocycles. The molecule has 5 nitrogen and oxygen atoms in total. The van der Waals surface area contributed by atoms with Gasteiger partial charge in [-0.2, -0.15) is 0 Å². The Hall–Kier alpha value is 0.350. The summed E-state index contributed by atoms with van der Waals surface area (Å²) in [5.74, 6) is -0.276. The fourth-order valence-corrected chi connectivity index (χ4v) is 2.95. The normalized spacial score (nSPS) is 11.4. The Morgan fingerprint density at radius 2 is 1.15 bits per heavy atom. The summed E-state index contributed by atoms with van der Waals surface area (Å²) in [6.07, 6.45) is 19.0. The third-order valence-electron chi connectivity index (χ3n) is 4.63. The maximum atomic E-state index is 11.4. The average Bonchev–Trinajstić information content (AvgIpc) is 2.62. The third kappa shape index (κ3) is 26.4. The second-order valence-electron chi connectivity index (χ2n) is 7.22. The Labute approximate surface area is 189 Å². The van der Waals surface area contributed by atoms with E-state index in [1.54, 1.807) is 0 Å². The summed E-state index contributed by atoms with van der Waals surface area (Å²) in [5.41, 5.74) is 0. The molecule has 0 fully saturated rings. The molecular formula is C21H43NaO5. The van der Waals surface area contributed by atoms with E-state index in [2.05, 4.69) is 6.92 Å². The zero-order valence-corrected chi connectivity index (χ0v) is 20.0. The number of carbonyl (C=O) groups is 1. The summed E-state index contributed by atoms with van der Waals surface area (Å²) >= 11 is 0. The summed E-state index contributed by atoms with van der Waals surface area (Å²) in [6.45, 7) is 1.79. The van der Waals surface area contributed by atoms with Gasteiger partial charge in [0.25, 0.3) is 0 Å². The summed E-state index contributed by atoms with van der Waals surface area (Å²) in [7, 11) is 0. The topological polar surface area (TPSA) is 96.8 Å². The molecule has 0 spiro atoms. The van der Waals surface area contributed by atoms with E-state index in [1.165, 1.54) is 83.5 Å². The van der Waals surface area contributed by atoms with Crippen LogP contribution >= 0.6 is 0 Å². The molecule has 6 heteroatoms. The second kappa shape index (κ2) is 26.4. The molecule has 0 aliphatic carbocycles. The van der Waals surface area contributed by atoms with Gasteiger partial charge in [-0.3, -0.25) is 4.79 Å². The van der Waals surface area contributed by atoms with Crippen molar-refractivity contribution in [2.24, 2.45) is 0 Å². The maximum Gasteiger partial charge on any atom is 1.00 e. The van der Waals surface area contributed by atoms with E-state index in [-0.39, 0.29) is 54.2 Å². The van der Waals surface area contributed by atoms with Crippen LogP contribution in [-0.2, 0) is 9.53 Å². The van der Waals surface area contributed by atoms with Gasteiger partial charge in [-0.1, -0.05) is 96.8 Å². The van der Waals surface area contributed by atoms with Crippen molar-refractivity contribution in [1.82, 2.24) is 0 Å². The fourth-order valence-electron chi connectivity index (χ4n) is 2.95. The van der Waals surface area contributed by atoms with Gasteiger partial charge in [0.2, 0.25) is 0 Å². The molecule has 1 atom stereocenters. The molecule has 0 aromatic carbocycles. The number of esters is 1. The summed E-state index contributed by atoms with van der Waals surface area (Å²) in [6, 6.07) is 0. The van der Waals surface area contributed by atoms with Crippen molar-refractivity contribution in [3.8, 4) is 0 Å². The number of aliphatic hydroxyl groups is 2. The number of unbranched alkanes of at least 4 members (excludes halogenated alkanes) is 14. The molecule has 0 rings (SSSR count). The van der Waals surface area contributed by atoms with Gasteiger partial charge in [-0.15, -0.1) is 0 Å². The molecule has 0 aromatic heterocycles. The van der Waals surface area contributed by atoms with E-state index in [9.17, 15) is 4.79 Å². The van der Waals surface area contributed by atoms with Crippen LogP contribution in [0.4, 0.5) is 0 Å². The van der Waals surface area contributed by atoms with Gasteiger partial charge in [-0.05, 0) is 6.42 Å². The number of ether oxygens (including phenoxy) is 1. The Balaban J connectivity index is -0.00000288. The molecule has 0 aromatic rings. The quantitative estimate of drug-likeness (QED) is 0.197. The Morgan fingerprint density at radius 1 is 0.778 bits per heavy atom. The van der Waals surface area contributed by atoms with Gasteiger partial charge in [0, 0.05) is 6.42 Å². The minimum absolute atomic E-state index is 0. The predicted molar refractivity (Wildman–Crippen MR) is 106 cm³/mol. The van der Waals surface area contributed by atoms with Crippen molar-refractivity contribution in [2.45, 2.75) is 116 Å². The summed E-state index contributed by atoms with van der Waals surface area (Å²) < 4.78 is 4.86. The zero-order valence-electron chi connectivity index (χ0n) is 18.0. The first-order chi connectivity index (χ1) is 12.2. The average molecular weight is 399 g/mol. The molecule has 0 radical (unpaired) electrons. The number of hydrogen-bond acceptors (Lipinski definition) is 5. The van der Waals surface area contributed by atoms with Crippen molar-refractivity contribution in [2.75, 3.05) is 13.2 Å². The van der Waals surface area contributed by atoms with Crippen LogP contribution in [0.2, 0.25) is 0 Å². The zero-order chi connectivity index (χ0) is 18.6. The van der Waals surface area contributed by atoms with Gasteiger partial charge in [-0.25, -0.2) is 0 Å². The second-order valence-corrected chi connectivity index (χ2v) is 7.22. The minimum Gasteiger partial charge on any atom is -0.870 e. The molecule has 0 heterocycles. The van der Waals surface area contributed by atoms with Gasteiger partial charge >= 0.3 is 35.5 Å². The number of hydrogen-bond donors (Lipinski definition) is 2. The molecule has 1 unspecified atom stereocenters. The van der Waals surface area contributed by atoms with Crippen LogP contribution in [0.15, 0.2) is 0 Å². The Bertz CT molecular complexity index is 290. The van der Waals surface area contributed by atoms with Crippen molar-refractivity contribution in [3.63, 3.8) is 0 Å². The molecule has 0 amide bonds. The van der Waals surface area contributed by atoms with Crippen LogP contribution < -0.4 is 29.6 Å². The summed E-state index contributed by atoms with van der Waals surface area (Å²) in [4.78, 5) is 11.4. The number of rotatable bonds is 19. The van der Waals surface area contributed by atoms with E-state index in [1.807, 2.05) is 0 Å². The van der Waals surface area contributed by atoms with Gasteiger partial charge in [0.1, 0.15) is 12.7 Å². The van der Waals surface area contributed by atoms with Crippen LogP contribution in [0.25, 0.3) is 0 Å². The van der Waals surface area contributed by atoms with Crippen molar-refractivity contribution in [1.29, 1.82) is 0 Å². The number of aliphatic hydroxyl groups excluding tert-OH is 2. The molecule has 3 N–H and O–H groups in total. The van der Waals surface area contributed by atoms with Crippen LogP contribution in [0.3, 0.4) is 0 Å².